The van der Waals surface area contributed by atoms with E-state index in [0.717, 1.165) is 6.07 Å². The molecule has 6 heteroatoms. The molecule has 1 heterocycles. The molecule has 16 heavy (non-hydrogen) atoms. The smallest absolute Gasteiger partial charge is 0.328 e. The first kappa shape index (κ1) is 12.0. The lowest BCUT2D eigenvalue weighted by Crippen LogP contribution is -2.39. The van der Waals surface area contributed by atoms with Crippen LogP contribution in [0.15, 0.2) is 23.1 Å². The number of amides is 1. The quantitative estimate of drug-likeness (QED) is 0.688. The molecule has 0 radical (unpaired) electrons. The molecule has 1 amide bonds. The molecular formula is C10H12N2O4. The first-order valence-electron chi connectivity index (χ1n) is 4.62. The van der Waals surface area contributed by atoms with E-state index in [4.69, 9.17) is 0 Å². The van der Waals surface area contributed by atoms with Crippen LogP contribution in [0.2, 0.25) is 0 Å². The van der Waals surface area contributed by atoms with Crippen LogP contribution in [0.3, 0.4) is 0 Å². The van der Waals surface area contributed by atoms with E-state index >= 15 is 0 Å². The average Bonchev–Trinajstić information content (AvgIpc) is 2.27. The van der Waals surface area contributed by atoms with Gasteiger partial charge in [0.15, 0.2) is 0 Å². The summed E-state index contributed by atoms with van der Waals surface area (Å²) in [6.45, 7) is 1.50. The Bertz CT molecular complexity index is 452. The van der Waals surface area contributed by atoms with Crippen LogP contribution in [-0.2, 0) is 9.53 Å². The zero-order chi connectivity index (χ0) is 12.1. The Morgan fingerprint density at radius 1 is 1.50 bits per heavy atom. The maximum atomic E-state index is 11.6. The highest BCUT2D eigenvalue weighted by atomic mass is 16.5. The molecule has 1 rings (SSSR count). The van der Waals surface area contributed by atoms with E-state index in [9.17, 15) is 14.4 Å². The number of carbonyl (C=O) groups is 2. The van der Waals surface area contributed by atoms with Gasteiger partial charge in [0, 0.05) is 17.8 Å². The highest BCUT2D eigenvalue weighted by Gasteiger charge is 2.16. The second-order valence-electron chi connectivity index (χ2n) is 3.16. The fourth-order valence-corrected chi connectivity index (χ4v) is 1.10. The summed E-state index contributed by atoms with van der Waals surface area (Å²) in [7, 11) is 1.23. The van der Waals surface area contributed by atoms with Crippen LogP contribution < -0.4 is 10.9 Å². The Balaban J connectivity index is 2.73. The minimum absolute atomic E-state index is 0.194. The molecule has 0 fully saturated rings. The first-order valence-corrected chi connectivity index (χ1v) is 4.62. The predicted octanol–water partition coefficient (Wildman–Crippen LogP) is -0.334. The monoisotopic (exact) mass is 224 g/mol. The summed E-state index contributed by atoms with van der Waals surface area (Å²) in [6.07, 6.45) is 1.36. The lowest BCUT2D eigenvalue weighted by Gasteiger charge is -2.10. The SMILES string of the molecule is COC(=O)[C@H](C)NC(=O)c1cc[nH]c(=O)c1. The molecule has 86 valence electrons. The lowest BCUT2D eigenvalue weighted by atomic mass is 10.2. The molecule has 1 atom stereocenters. The standard InChI is InChI=1S/C10H12N2O4/c1-6(10(15)16-2)12-9(14)7-3-4-11-8(13)5-7/h3-6H,1-2H3,(H,11,13)(H,12,14)/t6-/m0/s1. The number of H-pyrrole nitrogens is 1. The van der Waals surface area contributed by atoms with Crippen molar-refractivity contribution in [3.8, 4) is 0 Å². The third-order valence-corrected chi connectivity index (χ3v) is 1.94. The van der Waals surface area contributed by atoms with E-state index in [1.165, 1.54) is 26.3 Å². The van der Waals surface area contributed by atoms with Gasteiger partial charge >= 0.3 is 5.97 Å². The van der Waals surface area contributed by atoms with Gasteiger partial charge in [0.1, 0.15) is 6.04 Å². The van der Waals surface area contributed by atoms with Crippen molar-refractivity contribution in [3.05, 3.63) is 34.2 Å². The average molecular weight is 224 g/mol. The number of methoxy groups -OCH3 is 1. The van der Waals surface area contributed by atoms with E-state index in [2.05, 4.69) is 15.0 Å². The molecular weight excluding hydrogens is 212 g/mol. The van der Waals surface area contributed by atoms with E-state index in [1.807, 2.05) is 0 Å². The molecule has 0 saturated heterocycles. The highest BCUT2D eigenvalue weighted by Crippen LogP contribution is 1.95. The number of nitrogens with one attached hydrogen (secondary N) is 2. The number of esters is 1. The van der Waals surface area contributed by atoms with Crippen molar-refractivity contribution in [2.45, 2.75) is 13.0 Å². The number of pyridine rings is 1. The molecule has 1 aromatic heterocycles. The number of ether oxygens (including phenoxy) is 1. The molecule has 0 spiro atoms. The molecule has 0 aliphatic carbocycles. The van der Waals surface area contributed by atoms with Crippen LogP contribution in [0.1, 0.15) is 17.3 Å². The third kappa shape index (κ3) is 2.94. The maximum Gasteiger partial charge on any atom is 0.328 e. The largest absolute Gasteiger partial charge is 0.467 e. The van der Waals surface area contributed by atoms with Gasteiger partial charge in [0.05, 0.1) is 7.11 Å². The number of carbonyl (C=O) groups excluding carboxylic acids is 2. The topological polar surface area (TPSA) is 88.3 Å². The molecule has 0 saturated carbocycles. The molecule has 0 aliphatic rings. The van der Waals surface area contributed by atoms with Crippen molar-refractivity contribution in [2.24, 2.45) is 0 Å². The van der Waals surface area contributed by atoms with E-state index in [1.54, 1.807) is 0 Å². The first-order chi connectivity index (χ1) is 7.54. The highest BCUT2D eigenvalue weighted by molar-refractivity contribution is 5.96. The van der Waals surface area contributed by atoms with E-state index < -0.39 is 17.9 Å². The molecule has 0 aromatic carbocycles. The van der Waals surface area contributed by atoms with Gasteiger partial charge in [-0.1, -0.05) is 0 Å². The van der Waals surface area contributed by atoms with Crippen molar-refractivity contribution in [1.82, 2.24) is 10.3 Å². The summed E-state index contributed by atoms with van der Waals surface area (Å²) in [5.74, 6) is -1.04. The number of aromatic nitrogens is 1. The van der Waals surface area contributed by atoms with E-state index in [-0.39, 0.29) is 11.1 Å². The molecule has 0 bridgehead atoms. The number of aromatic amines is 1. The zero-order valence-electron chi connectivity index (χ0n) is 8.94. The van der Waals surface area contributed by atoms with Gasteiger partial charge in [-0.2, -0.15) is 0 Å². The normalized spacial score (nSPS) is 11.6. The van der Waals surface area contributed by atoms with Gasteiger partial charge in [-0.05, 0) is 13.0 Å². The van der Waals surface area contributed by atoms with Gasteiger partial charge in [-0.3, -0.25) is 9.59 Å². The lowest BCUT2D eigenvalue weighted by molar-refractivity contribution is -0.142. The Hall–Kier alpha value is -2.11. The number of rotatable bonds is 3. The Morgan fingerprint density at radius 2 is 2.19 bits per heavy atom. The minimum Gasteiger partial charge on any atom is -0.467 e. The summed E-state index contributed by atoms with van der Waals surface area (Å²) in [6, 6.07) is 1.84. The van der Waals surface area contributed by atoms with Crippen LogP contribution in [0.5, 0.6) is 0 Å². The van der Waals surface area contributed by atoms with Gasteiger partial charge < -0.3 is 15.0 Å². The fraction of sp³-hybridized carbons (Fsp3) is 0.300. The molecule has 2 N–H and O–H groups in total. The predicted molar refractivity (Wildman–Crippen MR) is 56.0 cm³/mol. The van der Waals surface area contributed by atoms with Crippen molar-refractivity contribution >= 4 is 11.9 Å². The fourth-order valence-electron chi connectivity index (χ4n) is 1.10. The van der Waals surface area contributed by atoms with Gasteiger partial charge in [-0.15, -0.1) is 0 Å². The van der Waals surface area contributed by atoms with E-state index in [0.29, 0.717) is 0 Å². The molecule has 0 unspecified atom stereocenters. The zero-order valence-corrected chi connectivity index (χ0v) is 8.94. The second kappa shape index (κ2) is 5.11. The van der Waals surface area contributed by atoms with Crippen LogP contribution in [0.25, 0.3) is 0 Å². The van der Waals surface area contributed by atoms with Gasteiger partial charge in [0.2, 0.25) is 5.56 Å². The Labute approximate surface area is 91.6 Å². The van der Waals surface area contributed by atoms with Crippen molar-refractivity contribution in [3.63, 3.8) is 0 Å². The molecule has 0 aliphatic heterocycles. The van der Waals surface area contributed by atoms with Crippen molar-refractivity contribution in [2.75, 3.05) is 7.11 Å². The maximum absolute atomic E-state index is 11.6. The molecule has 1 aromatic rings. The summed E-state index contributed by atoms with van der Waals surface area (Å²) in [5, 5.41) is 2.41. The van der Waals surface area contributed by atoms with Crippen molar-refractivity contribution < 1.29 is 14.3 Å². The number of hydrogen-bond donors (Lipinski definition) is 2. The van der Waals surface area contributed by atoms with Crippen LogP contribution in [0, 0.1) is 0 Å². The Kier molecular flexibility index (Phi) is 3.82. The minimum atomic E-state index is -0.753. The summed E-state index contributed by atoms with van der Waals surface area (Å²) in [5.41, 5.74) is -0.183. The second-order valence-corrected chi connectivity index (χ2v) is 3.16. The Morgan fingerprint density at radius 3 is 2.75 bits per heavy atom. The number of hydrogen-bond acceptors (Lipinski definition) is 4. The van der Waals surface area contributed by atoms with Crippen LogP contribution in [-0.4, -0.2) is 30.0 Å². The van der Waals surface area contributed by atoms with Crippen molar-refractivity contribution in [1.29, 1.82) is 0 Å². The van der Waals surface area contributed by atoms with Gasteiger partial charge in [0.25, 0.3) is 5.91 Å². The van der Waals surface area contributed by atoms with Crippen LogP contribution in [0.4, 0.5) is 0 Å². The summed E-state index contributed by atoms with van der Waals surface area (Å²) in [4.78, 5) is 35.9. The third-order valence-electron chi connectivity index (χ3n) is 1.94. The summed E-state index contributed by atoms with van der Waals surface area (Å²) >= 11 is 0. The van der Waals surface area contributed by atoms with Gasteiger partial charge in [-0.25, -0.2) is 4.79 Å². The molecule has 6 nitrogen and oxygen atoms in total. The van der Waals surface area contributed by atoms with Crippen LogP contribution >= 0.6 is 0 Å². The summed E-state index contributed by atoms with van der Waals surface area (Å²) < 4.78 is 4.45.